The van der Waals surface area contributed by atoms with Gasteiger partial charge in [0.2, 0.25) is 0 Å². The molecule has 0 saturated carbocycles. The Bertz CT molecular complexity index is 363. The van der Waals surface area contributed by atoms with Gasteiger partial charge in [0, 0.05) is 28.6 Å². The molecule has 0 aliphatic rings. The molecule has 0 bridgehead atoms. The number of rotatable bonds is 5. The van der Waals surface area contributed by atoms with Crippen molar-refractivity contribution in [3.63, 3.8) is 0 Å². The fraction of sp³-hybridized carbons (Fsp3) is 0.571. The van der Waals surface area contributed by atoms with E-state index < -0.39 is 0 Å². The lowest BCUT2D eigenvalue weighted by atomic mass is 10.1. The van der Waals surface area contributed by atoms with E-state index in [1.165, 1.54) is 5.69 Å². The zero-order valence-corrected chi connectivity index (χ0v) is 13.3. The van der Waals surface area contributed by atoms with Gasteiger partial charge in [-0.25, -0.2) is 0 Å². The molecule has 1 nitrogen and oxygen atoms in total. The van der Waals surface area contributed by atoms with E-state index in [1.54, 1.807) is 0 Å². The first kappa shape index (κ1) is 14.8. The summed E-state index contributed by atoms with van der Waals surface area (Å²) in [5.74, 6) is 1.20. The second-order valence-corrected chi connectivity index (χ2v) is 6.17. The van der Waals surface area contributed by atoms with E-state index in [1.807, 2.05) is 0 Å². The second-order valence-electron chi connectivity index (χ2n) is 5.05. The lowest BCUT2D eigenvalue weighted by molar-refractivity contribution is 0.571. The summed E-state index contributed by atoms with van der Waals surface area (Å²) in [7, 11) is 0. The smallest absolute Gasteiger partial charge is 0.0485 e. The topological polar surface area (TPSA) is 3.24 Å². The van der Waals surface area contributed by atoms with Crippen LogP contribution in [0.25, 0.3) is 0 Å². The summed E-state index contributed by atoms with van der Waals surface area (Å²) in [6.07, 6.45) is 0. The fourth-order valence-corrected chi connectivity index (χ4v) is 2.73. The maximum atomic E-state index is 5.87. The number of hydrogen-bond acceptors (Lipinski definition) is 1. The van der Waals surface area contributed by atoms with Crippen molar-refractivity contribution in [1.82, 2.24) is 0 Å². The molecule has 0 atom stereocenters. The minimum Gasteiger partial charge on any atom is -0.369 e. The first-order valence-corrected chi connectivity index (χ1v) is 7.39. The molecule has 1 aromatic carbocycles. The second kappa shape index (κ2) is 6.65. The Morgan fingerprint density at radius 1 is 1.24 bits per heavy atom. The van der Waals surface area contributed by atoms with Crippen molar-refractivity contribution in [2.45, 2.75) is 39.6 Å². The molecule has 0 spiro atoms. The largest absolute Gasteiger partial charge is 0.369 e. The molecular formula is C14H21BrClN. The van der Waals surface area contributed by atoms with Crippen LogP contribution >= 0.6 is 27.5 Å². The third-order valence-corrected chi connectivity index (χ3v) is 3.72. The van der Waals surface area contributed by atoms with Crippen LogP contribution in [-0.2, 0) is 5.88 Å². The summed E-state index contributed by atoms with van der Waals surface area (Å²) in [4.78, 5) is 2.42. The zero-order valence-electron chi connectivity index (χ0n) is 11.0. The molecule has 0 amide bonds. The number of benzene rings is 1. The molecular weight excluding hydrogens is 298 g/mol. The summed E-state index contributed by atoms with van der Waals surface area (Å²) in [5, 5.41) is 0. The van der Waals surface area contributed by atoms with Crippen molar-refractivity contribution in [3.8, 4) is 0 Å². The first-order valence-electron chi connectivity index (χ1n) is 6.06. The molecule has 0 N–H and O–H groups in total. The Balaban J connectivity index is 2.98. The molecule has 0 aliphatic heterocycles. The molecule has 1 rings (SSSR count). The monoisotopic (exact) mass is 317 g/mol. The average molecular weight is 319 g/mol. The molecule has 0 unspecified atom stereocenters. The molecule has 0 fully saturated rings. The van der Waals surface area contributed by atoms with E-state index in [-0.39, 0.29) is 0 Å². The van der Waals surface area contributed by atoms with E-state index in [4.69, 9.17) is 11.6 Å². The highest BCUT2D eigenvalue weighted by Gasteiger charge is 2.13. The van der Waals surface area contributed by atoms with E-state index in [9.17, 15) is 0 Å². The van der Waals surface area contributed by atoms with Crippen molar-refractivity contribution >= 4 is 33.2 Å². The van der Waals surface area contributed by atoms with E-state index in [0.717, 1.165) is 16.6 Å². The average Bonchev–Trinajstić information content (AvgIpc) is 2.25. The fourth-order valence-electron chi connectivity index (χ4n) is 1.83. The van der Waals surface area contributed by atoms with Gasteiger partial charge < -0.3 is 4.90 Å². The predicted octanol–water partition coefficient (Wildman–Crippen LogP) is 5.06. The third-order valence-electron chi connectivity index (χ3n) is 2.70. The number of nitrogens with zero attached hydrogens (tertiary/aromatic N) is 1. The molecule has 0 aliphatic carbocycles. The van der Waals surface area contributed by atoms with Gasteiger partial charge in [-0.2, -0.15) is 0 Å². The van der Waals surface area contributed by atoms with Crippen LogP contribution in [0.5, 0.6) is 0 Å². The van der Waals surface area contributed by atoms with Gasteiger partial charge in [-0.15, -0.1) is 11.6 Å². The maximum Gasteiger partial charge on any atom is 0.0485 e. The summed E-state index contributed by atoms with van der Waals surface area (Å²) in [5.41, 5.74) is 2.40. The summed E-state index contributed by atoms with van der Waals surface area (Å²) < 4.78 is 1.10. The summed E-state index contributed by atoms with van der Waals surface area (Å²) >= 11 is 9.45. The van der Waals surface area contributed by atoms with Crippen LogP contribution in [0.15, 0.2) is 22.7 Å². The lowest BCUT2D eigenvalue weighted by Gasteiger charge is -2.31. The van der Waals surface area contributed by atoms with Crippen LogP contribution < -0.4 is 4.90 Å². The standard InChI is InChI=1S/C14H21BrClN/c1-10(2)9-17(11(3)4)13-6-5-12(8-16)14(15)7-13/h5-7,10-11H,8-9H2,1-4H3. The SMILES string of the molecule is CC(C)CN(c1ccc(CCl)c(Br)c1)C(C)C. The number of hydrogen-bond donors (Lipinski definition) is 0. The van der Waals surface area contributed by atoms with Gasteiger partial charge >= 0.3 is 0 Å². The van der Waals surface area contributed by atoms with Gasteiger partial charge in [-0.3, -0.25) is 0 Å². The molecule has 1 aromatic rings. The van der Waals surface area contributed by atoms with Gasteiger partial charge in [-0.05, 0) is 37.5 Å². The van der Waals surface area contributed by atoms with Gasteiger partial charge in [0.05, 0.1) is 0 Å². The van der Waals surface area contributed by atoms with Gasteiger partial charge in [-0.1, -0.05) is 35.8 Å². The minimum atomic E-state index is 0.506. The van der Waals surface area contributed by atoms with Crippen LogP contribution in [0.3, 0.4) is 0 Å². The van der Waals surface area contributed by atoms with Crippen LogP contribution in [0.1, 0.15) is 33.3 Å². The van der Waals surface area contributed by atoms with Crippen molar-refractivity contribution < 1.29 is 0 Å². The Morgan fingerprint density at radius 2 is 1.88 bits per heavy atom. The molecule has 96 valence electrons. The highest BCUT2D eigenvalue weighted by atomic mass is 79.9. The van der Waals surface area contributed by atoms with Gasteiger partial charge in [0.25, 0.3) is 0 Å². The van der Waals surface area contributed by atoms with Crippen molar-refractivity contribution in [1.29, 1.82) is 0 Å². The normalized spacial score (nSPS) is 11.3. The zero-order chi connectivity index (χ0) is 13.0. The highest BCUT2D eigenvalue weighted by Crippen LogP contribution is 2.27. The first-order chi connectivity index (χ1) is 7.95. The van der Waals surface area contributed by atoms with Crippen LogP contribution in [0.4, 0.5) is 5.69 Å². The Labute approximate surface area is 118 Å². The van der Waals surface area contributed by atoms with E-state index >= 15 is 0 Å². The van der Waals surface area contributed by atoms with Crippen LogP contribution in [0.2, 0.25) is 0 Å². The van der Waals surface area contributed by atoms with E-state index in [0.29, 0.717) is 17.8 Å². The number of alkyl halides is 1. The number of halogens is 2. The molecule has 3 heteroatoms. The summed E-state index contributed by atoms with van der Waals surface area (Å²) in [6, 6.07) is 6.93. The van der Waals surface area contributed by atoms with Crippen molar-refractivity contribution in [2.24, 2.45) is 5.92 Å². The number of anilines is 1. The molecule has 0 heterocycles. The summed E-state index contributed by atoms with van der Waals surface area (Å²) in [6.45, 7) is 10.0. The van der Waals surface area contributed by atoms with Crippen LogP contribution in [-0.4, -0.2) is 12.6 Å². The van der Waals surface area contributed by atoms with Crippen LogP contribution in [0, 0.1) is 5.92 Å². The predicted molar refractivity (Wildman–Crippen MR) is 81.0 cm³/mol. The van der Waals surface area contributed by atoms with Gasteiger partial charge in [0.15, 0.2) is 0 Å². The molecule has 0 radical (unpaired) electrons. The van der Waals surface area contributed by atoms with Crippen molar-refractivity contribution in [2.75, 3.05) is 11.4 Å². The van der Waals surface area contributed by atoms with Crippen molar-refractivity contribution in [3.05, 3.63) is 28.2 Å². The molecule has 0 saturated heterocycles. The lowest BCUT2D eigenvalue weighted by Crippen LogP contribution is -2.34. The third kappa shape index (κ3) is 4.18. The maximum absolute atomic E-state index is 5.87. The molecule has 17 heavy (non-hydrogen) atoms. The van der Waals surface area contributed by atoms with Gasteiger partial charge in [0.1, 0.15) is 0 Å². The Kier molecular flexibility index (Phi) is 5.81. The quantitative estimate of drug-likeness (QED) is 0.686. The Hall–Kier alpha value is -0.210. The Morgan fingerprint density at radius 3 is 2.29 bits per heavy atom. The molecule has 0 aromatic heterocycles. The minimum absolute atomic E-state index is 0.506. The van der Waals surface area contributed by atoms with E-state index in [2.05, 4.69) is 66.7 Å². The highest BCUT2D eigenvalue weighted by molar-refractivity contribution is 9.10.